The predicted molar refractivity (Wildman–Crippen MR) is 123 cm³/mol. The van der Waals surface area contributed by atoms with Gasteiger partial charge in [0.05, 0.1) is 24.6 Å². The van der Waals surface area contributed by atoms with Crippen molar-refractivity contribution >= 4 is 11.6 Å². The number of carbonyl (C=O) groups excluding carboxylic acids is 2. The number of aromatic nitrogens is 3. The second-order valence-corrected chi connectivity index (χ2v) is 9.49. The fourth-order valence-electron chi connectivity index (χ4n) is 6.01. The van der Waals surface area contributed by atoms with E-state index in [2.05, 4.69) is 0 Å². The van der Waals surface area contributed by atoms with Crippen molar-refractivity contribution in [3.05, 3.63) is 68.0 Å². The van der Waals surface area contributed by atoms with Gasteiger partial charge in [0.1, 0.15) is 0 Å². The highest BCUT2D eigenvalue weighted by atomic mass is 16.5. The normalized spacial score (nSPS) is 27.9. The quantitative estimate of drug-likeness (QED) is 0.693. The number of phenols is 1. The Morgan fingerprint density at radius 3 is 2.62 bits per heavy atom. The van der Waals surface area contributed by atoms with Crippen molar-refractivity contribution in [1.82, 2.24) is 13.9 Å². The fourth-order valence-corrected chi connectivity index (χ4v) is 6.01. The van der Waals surface area contributed by atoms with Crippen LogP contribution in [0.3, 0.4) is 0 Å². The molecule has 1 saturated carbocycles. The molecule has 0 bridgehead atoms. The van der Waals surface area contributed by atoms with Crippen LogP contribution in [-0.4, -0.2) is 37.2 Å². The number of fused-ring (bicyclic) bond motifs is 4. The van der Waals surface area contributed by atoms with E-state index in [1.165, 1.54) is 28.6 Å². The molecule has 2 aliphatic carbocycles. The van der Waals surface area contributed by atoms with E-state index in [9.17, 15) is 24.3 Å². The molecule has 178 valence electrons. The maximum absolute atomic E-state index is 13.5. The van der Waals surface area contributed by atoms with Gasteiger partial charge in [-0.3, -0.25) is 9.59 Å². The third-order valence-corrected chi connectivity index (χ3v) is 7.75. The molecule has 1 aromatic heterocycles. The van der Waals surface area contributed by atoms with E-state index in [0.717, 1.165) is 10.1 Å². The van der Waals surface area contributed by atoms with Gasteiger partial charge in [-0.1, -0.05) is 19.1 Å². The summed E-state index contributed by atoms with van der Waals surface area (Å²) in [5.41, 5.74) is -0.0402. The first-order valence-corrected chi connectivity index (χ1v) is 11.4. The Morgan fingerprint density at radius 1 is 1.18 bits per heavy atom. The largest absolute Gasteiger partial charge is 0.504 e. The molecule has 2 aromatic rings. The fraction of sp³-hybridized carbons (Fsp3) is 0.440. The number of hydrogen-bond donors (Lipinski definition) is 1. The van der Waals surface area contributed by atoms with Gasteiger partial charge in [-0.05, 0) is 55.2 Å². The molecule has 0 radical (unpaired) electrons. The van der Waals surface area contributed by atoms with E-state index < -0.39 is 34.7 Å². The van der Waals surface area contributed by atoms with Crippen LogP contribution in [0.1, 0.15) is 44.7 Å². The van der Waals surface area contributed by atoms with Crippen molar-refractivity contribution < 1.29 is 19.4 Å². The van der Waals surface area contributed by atoms with Gasteiger partial charge >= 0.3 is 11.4 Å². The molecule has 1 fully saturated rings. The van der Waals surface area contributed by atoms with Gasteiger partial charge in [0.25, 0.3) is 0 Å². The molecule has 34 heavy (non-hydrogen) atoms. The lowest BCUT2D eigenvalue weighted by Crippen LogP contribution is -2.54. The summed E-state index contributed by atoms with van der Waals surface area (Å²) in [5, 5.41) is 10.3. The van der Waals surface area contributed by atoms with Crippen molar-refractivity contribution in [2.24, 2.45) is 18.4 Å². The van der Waals surface area contributed by atoms with Gasteiger partial charge in [-0.2, -0.15) is 0 Å². The molecule has 1 aromatic carbocycles. The van der Waals surface area contributed by atoms with E-state index >= 15 is 0 Å². The zero-order valence-electron chi connectivity index (χ0n) is 19.6. The van der Waals surface area contributed by atoms with E-state index in [1.807, 2.05) is 19.9 Å². The minimum Gasteiger partial charge on any atom is -0.504 e. The van der Waals surface area contributed by atoms with Crippen LogP contribution >= 0.6 is 0 Å². The third kappa shape index (κ3) is 2.79. The summed E-state index contributed by atoms with van der Waals surface area (Å²) in [6, 6.07) is 4.40. The Hall–Kier alpha value is -3.62. The summed E-state index contributed by atoms with van der Waals surface area (Å²) >= 11 is 0. The van der Waals surface area contributed by atoms with Crippen molar-refractivity contribution in [3.8, 4) is 11.5 Å². The summed E-state index contributed by atoms with van der Waals surface area (Å²) < 4.78 is 9.47. The Balaban J connectivity index is 1.78. The highest BCUT2D eigenvalue weighted by molar-refractivity contribution is 6.13. The molecular formula is C25H27N3O6. The number of ether oxygens (including phenoxy) is 1. The smallest absolute Gasteiger partial charge is 0.347 e. The zero-order valence-corrected chi connectivity index (χ0v) is 19.6. The monoisotopic (exact) mass is 465 g/mol. The first-order chi connectivity index (χ1) is 16.1. The molecule has 9 heteroatoms. The van der Waals surface area contributed by atoms with E-state index in [-0.39, 0.29) is 36.0 Å². The van der Waals surface area contributed by atoms with Crippen LogP contribution in [-0.2, 0) is 23.2 Å². The summed E-state index contributed by atoms with van der Waals surface area (Å²) in [5.74, 6) is -1.23. The molecule has 0 spiro atoms. The zero-order chi connectivity index (χ0) is 24.5. The van der Waals surface area contributed by atoms with Gasteiger partial charge in [0.2, 0.25) is 0 Å². The number of rotatable bonds is 3. The predicted octanol–water partition coefficient (Wildman–Crippen LogP) is 1.84. The Bertz CT molecular complexity index is 1420. The third-order valence-electron chi connectivity index (χ3n) is 7.75. The van der Waals surface area contributed by atoms with Gasteiger partial charge in [0, 0.05) is 18.9 Å². The number of ketones is 2. The van der Waals surface area contributed by atoms with Crippen LogP contribution in [0.2, 0.25) is 0 Å². The number of aromatic hydroxyl groups is 1. The molecule has 5 rings (SSSR count). The second kappa shape index (κ2) is 7.44. The van der Waals surface area contributed by atoms with Crippen LogP contribution in [0.15, 0.2) is 51.1 Å². The molecule has 9 nitrogen and oxygen atoms in total. The van der Waals surface area contributed by atoms with Crippen molar-refractivity contribution in [2.75, 3.05) is 6.61 Å². The van der Waals surface area contributed by atoms with E-state index in [1.54, 1.807) is 19.1 Å². The van der Waals surface area contributed by atoms with Crippen LogP contribution in [0.5, 0.6) is 11.5 Å². The van der Waals surface area contributed by atoms with Gasteiger partial charge in [-0.25, -0.2) is 23.5 Å². The minimum atomic E-state index is -1.08. The maximum Gasteiger partial charge on any atom is 0.347 e. The molecule has 1 N–H and O–H groups in total. The summed E-state index contributed by atoms with van der Waals surface area (Å²) in [4.78, 5) is 52.6. The first-order valence-electron chi connectivity index (χ1n) is 11.4. The van der Waals surface area contributed by atoms with E-state index in [4.69, 9.17) is 4.74 Å². The SMILES string of the molecule is CCOc1cc([C@H]2C3=CCn4c(=O)n(C)c(=O)n4[C@@H]3C[C@H]3C(=O)C(C)=CC(=O)[C@@]23C)ccc1O. The number of Topliss-reactive ketones (excluding diaryl/α,β-unsaturated/α-hetero) is 1. The second-order valence-electron chi connectivity index (χ2n) is 9.49. The van der Waals surface area contributed by atoms with Gasteiger partial charge < -0.3 is 9.84 Å². The van der Waals surface area contributed by atoms with E-state index in [0.29, 0.717) is 17.7 Å². The van der Waals surface area contributed by atoms with Gasteiger partial charge in [-0.15, -0.1) is 0 Å². The molecule has 0 unspecified atom stereocenters. The molecule has 4 atom stereocenters. The number of benzene rings is 1. The van der Waals surface area contributed by atoms with Crippen LogP contribution < -0.4 is 16.1 Å². The Labute approximate surface area is 195 Å². The van der Waals surface area contributed by atoms with Gasteiger partial charge in [0.15, 0.2) is 23.1 Å². The lowest BCUT2D eigenvalue weighted by atomic mass is 9.51. The molecule has 2 heterocycles. The lowest BCUT2D eigenvalue weighted by molar-refractivity contribution is -0.139. The molecule has 3 aliphatic rings. The number of carbonyl (C=O) groups is 2. The lowest BCUT2D eigenvalue weighted by Gasteiger charge is -2.52. The Morgan fingerprint density at radius 2 is 1.91 bits per heavy atom. The number of phenolic OH excluding ortho intramolecular Hbond substituents is 1. The van der Waals surface area contributed by atoms with Crippen LogP contribution in [0.4, 0.5) is 0 Å². The summed E-state index contributed by atoms with van der Waals surface area (Å²) in [7, 11) is 1.43. The first kappa shape index (κ1) is 22.2. The summed E-state index contributed by atoms with van der Waals surface area (Å²) in [6.07, 6.45) is 3.56. The number of allylic oxidation sites excluding steroid dienone is 4. The molecule has 0 amide bonds. The number of nitrogens with zero attached hydrogens (tertiary/aromatic N) is 3. The standard InChI is InChI=1S/C25H27N3O6/c1-5-34-19-11-14(6-7-18(19)29)21-15-8-9-27-23(32)26(4)24(33)28(27)17(15)12-16-22(31)13(2)10-20(30)25(16,21)3/h6-8,10-11,16-17,21,29H,5,9,12H2,1-4H3/t16-,17+,21-,25-/m0/s1. The average molecular weight is 466 g/mol. The van der Waals surface area contributed by atoms with Crippen LogP contribution in [0, 0.1) is 11.3 Å². The average Bonchev–Trinajstić information content (AvgIpc) is 3.03. The molecule has 0 saturated heterocycles. The topological polar surface area (TPSA) is 113 Å². The molecule has 1 aliphatic heterocycles. The molecular weight excluding hydrogens is 438 g/mol. The highest BCUT2D eigenvalue weighted by Crippen LogP contribution is 2.59. The van der Waals surface area contributed by atoms with Crippen molar-refractivity contribution in [2.45, 2.75) is 45.7 Å². The van der Waals surface area contributed by atoms with Crippen molar-refractivity contribution in [3.63, 3.8) is 0 Å². The van der Waals surface area contributed by atoms with Crippen LogP contribution in [0.25, 0.3) is 0 Å². The number of hydrogen-bond acceptors (Lipinski definition) is 6. The maximum atomic E-state index is 13.5. The Kier molecular flexibility index (Phi) is 4.86. The summed E-state index contributed by atoms with van der Waals surface area (Å²) in [6.45, 7) is 5.79. The van der Waals surface area contributed by atoms with Crippen molar-refractivity contribution in [1.29, 1.82) is 0 Å². The minimum absolute atomic E-state index is 0.0211. The highest BCUT2D eigenvalue weighted by Gasteiger charge is 2.59.